The van der Waals surface area contributed by atoms with Crippen LogP contribution in [0.1, 0.15) is 12.1 Å². The molecule has 3 amide bonds. The van der Waals surface area contributed by atoms with Crippen LogP contribution in [0.5, 0.6) is 5.75 Å². The molecule has 0 aliphatic rings. The van der Waals surface area contributed by atoms with Crippen molar-refractivity contribution in [3.8, 4) is 5.75 Å². The lowest BCUT2D eigenvalue weighted by Gasteiger charge is -2.06. The molecule has 10 heteroatoms. The maximum Gasteiger partial charge on any atom is 0.325 e. The second kappa shape index (κ2) is 9.54. The number of hydrogen-bond donors (Lipinski definition) is 3. The molecule has 3 N–H and O–H groups in total. The van der Waals surface area contributed by atoms with Gasteiger partial charge in [0.2, 0.25) is 5.91 Å². The first-order valence-electron chi connectivity index (χ1n) is 9.41. The summed E-state index contributed by atoms with van der Waals surface area (Å²) in [5.74, 6) is 0.585. The van der Waals surface area contributed by atoms with Gasteiger partial charge in [-0.3, -0.25) is 10.1 Å². The molecular weight excluding hydrogens is 434 g/mol. The number of carbonyl (C=O) groups excluding carboxylic acids is 2. The number of hydrogen-bond acceptors (Lipinski definition) is 7. The monoisotopic (exact) mass is 453 g/mol. The first-order valence-corrected chi connectivity index (χ1v) is 11.1. The number of para-hydroxylation sites is 1. The van der Waals surface area contributed by atoms with Crippen LogP contribution in [-0.4, -0.2) is 29.0 Å². The Bertz CT molecular complexity index is 1170. The van der Waals surface area contributed by atoms with Crippen molar-refractivity contribution in [1.82, 2.24) is 9.97 Å². The molecule has 0 aliphatic carbocycles. The normalized spacial score (nSPS) is 10.6. The Morgan fingerprint density at radius 2 is 1.77 bits per heavy atom. The van der Waals surface area contributed by atoms with Gasteiger partial charge in [0.1, 0.15) is 5.75 Å². The zero-order valence-electron chi connectivity index (χ0n) is 16.5. The Hall–Kier alpha value is -3.50. The highest BCUT2D eigenvalue weighted by Crippen LogP contribution is 2.25. The third kappa shape index (κ3) is 5.56. The van der Waals surface area contributed by atoms with Gasteiger partial charge >= 0.3 is 6.03 Å². The number of anilines is 3. The fourth-order valence-electron chi connectivity index (χ4n) is 2.76. The number of aromatic nitrogens is 2. The van der Waals surface area contributed by atoms with Gasteiger partial charge in [-0.15, -0.1) is 11.3 Å². The van der Waals surface area contributed by atoms with Crippen LogP contribution in [-0.2, 0) is 11.2 Å². The van der Waals surface area contributed by atoms with Crippen molar-refractivity contribution in [3.05, 3.63) is 59.6 Å². The van der Waals surface area contributed by atoms with E-state index in [2.05, 4.69) is 25.9 Å². The van der Waals surface area contributed by atoms with Gasteiger partial charge in [0.25, 0.3) is 0 Å². The molecule has 31 heavy (non-hydrogen) atoms. The van der Waals surface area contributed by atoms with E-state index in [0.717, 1.165) is 15.9 Å². The Kier molecular flexibility index (Phi) is 6.39. The van der Waals surface area contributed by atoms with Crippen molar-refractivity contribution in [2.45, 2.75) is 12.8 Å². The number of thiazole rings is 2. The number of fused-ring (bicyclic) bond motifs is 1. The summed E-state index contributed by atoms with van der Waals surface area (Å²) in [5, 5.41) is 11.1. The molecule has 0 saturated carbocycles. The number of amides is 3. The lowest BCUT2D eigenvalue weighted by Crippen LogP contribution is -2.19. The SMILES string of the molecule is COc1ccc(NC(=O)Nc2nc(CCC(=O)Nc3nc4ccccc4s3)cs2)cc1. The molecule has 0 radical (unpaired) electrons. The summed E-state index contributed by atoms with van der Waals surface area (Å²) in [7, 11) is 1.58. The minimum Gasteiger partial charge on any atom is -0.497 e. The number of methoxy groups -OCH3 is 1. The van der Waals surface area contributed by atoms with E-state index >= 15 is 0 Å². The Balaban J connectivity index is 1.25. The molecule has 0 atom stereocenters. The first-order chi connectivity index (χ1) is 15.1. The molecule has 158 valence electrons. The third-order valence-electron chi connectivity index (χ3n) is 4.27. The van der Waals surface area contributed by atoms with Gasteiger partial charge in [-0.1, -0.05) is 23.5 Å². The highest BCUT2D eigenvalue weighted by atomic mass is 32.1. The maximum absolute atomic E-state index is 12.2. The van der Waals surface area contributed by atoms with Crippen molar-refractivity contribution in [1.29, 1.82) is 0 Å². The van der Waals surface area contributed by atoms with Gasteiger partial charge in [0.05, 0.1) is 23.0 Å². The smallest absolute Gasteiger partial charge is 0.325 e. The van der Waals surface area contributed by atoms with Crippen molar-refractivity contribution in [2.75, 3.05) is 23.1 Å². The zero-order valence-corrected chi connectivity index (χ0v) is 18.2. The summed E-state index contributed by atoms with van der Waals surface area (Å²) in [6.07, 6.45) is 0.742. The summed E-state index contributed by atoms with van der Waals surface area (Å²) in [4.78, 5) is 33.1. The average Bonchev–Trinajstić information content (AvgIpc) is 3.38. The number of carbonyl (C=O) groups is 2. The quantitative estimate of drug-likeness (QED) is 0.366. The van der Waals surface area contributed by atoms with Crippen LogP contribution in [0.25, 0.3) is 10.2 Å². The van der Waals surface area contributed by atoms with Crippen LogP contribution < -0.4 is 20.7 Å². The maximum atomic E-state index is 12.2. The predicted octanol–water partition coefficient (Wildman–Crippen LogP) is 4.98. The van der Waals surface area contributed by atoms with Crippen LogP contribution in [0, 0.1) is 0 Å². The molecule has 0 spiro atoms. The predicted molar refractivity (Wildman–Crippen MR) is 124 cm³/mol. The number of ether oxygens (including phenoxy) is 1. The van der Waals surface area contributed by atoms with E-state index in [1.807, 2.05) is 29.6 Å². The van der Waals surface area contributed by atoms with Gasteiger partial charge < -0.3 is 15.4 Å². The fraction of sp³-hybridized carbons (Fsp3) is 0.143. The van der Waals surface area contributed by atoms with Crippen molar-refractivity contribution < 1.29 is 14.3 Å². The summed E-state index contributed by atoms with van der Waals surface area (Å²) in [5.41, 5.74) is 2.25. The largest absolute Gasteiger partial charge is 0.497 e. The summed E-state index contributed by atoms with van der Waals surface area (Å²) >= 11 is 2.75. The molecule has 8 nitrogen and oxygen atoms in total. The van der Waals surface area contributed by atoms with Gasteiger partial charge in [0, 0.05) is 17.5 Å². The number of nitrogens with one attached hydrogen (secondary N) is 3. The third-order valence-corrected chi connectivity index (χ3v) is 6.03. The minimum absolute atomic E-state index is 0.126. The highest BCUT2D eigenvalue weighted by molar-refractivity contribution is 7.22. The molecule has 0 saturated heterocycles. The number of benzene rings is 2. The molecule has 0 fully saturated rings. The zero-order chi connectivity index (χ0) is 21.6. The van der Waals surface area contributed by atoms with E-state index < -0.39 is 0 Å². The van der Waals surface area contributed by atoms with Crippen LogP contribution in [0.15, 0.2) is 53.9 Å². The molecular formula is C21H19N5O3S2. The average molecular weight is 454 g/mol. The van der Waals surface area contributed by atoms with Crippen LogP contribution >= 0.6 is 22.7 Å². The summed E-state index contributed by atoms with van der Waals surface area (Å²) < 4.78 is 6.12. The van der Waals surface area contributed by atoms with Crippen molar-refractivity contribution in [3.63, 3.8) is 0 Å². The number of urea groups is 1. The second-order valence-corrected chi connectivity index (χ2v) is 8.38. The van der Waals surface area contributed by atoms with E-state index in [1.165, 1.54) is 22.7 Å². The standard InChI is InChI=1S/C21H19N5O3S2/c1-29-15-9-6-13(7-10-15)22-19(28)26-20-23-14(12-30-20)8-11-18(27)25-21-24-16-4-2-3-5-17(16)31-21/h2-7,9-10,12H,8,11H2,1H3,(H,24,25,27)(H2,22,23,26,28). The molecule has 2 heterocycles. The van der Waals surface area contributed by atoms with E-state index in [-0.39, 0.29) is 18.4 Å². The van der Waals surface area contributed by atoms with Crippen LogP contribution in [0.4, 0.5) is 20.7 Å². The van der Waals surface area contributed by atoms with Crippen molar-refractivity contribution >= 4 is 60.8 Å². The van der Waals surface area contributed by atoms with E-state index in [0.29, 0.717) is 28.1 Å². The molecule has 0 aliphatic heterocycles. The molecule has 4 aromatic rings. The lowest BCUT2D eigenvalue weighted by atomic mass is 10.2. The van der Waals surface area contributed by atoms with Gasteiger partial charge in [-0.2, -0.15) is 0 Å². The van der Waals surface area contributed by atoms with E-state index in [9.17, 15) is 9.59 Å². The first kappa shape index (κ1) is 20.8. The topological polar surface area (TPSA) is 105 Å². The van der Waals surface area contributed by atoms with E-state index in [4.69, 9.17) is 4.74 Å². The van der Waals surface area contributed by atoms with Gasteiger partial charge in [-0.05, 0) is 42.8 Å². The van der Waals surface area contributed by atoms with Crippen LogP contribution in [0.3, 0.4) is 0 Å². The number of rotatable bonds is 7. The fourth-order valence-corrected chi connectivity index (χ4v) is 4.38. The van der Waals surface area contributed by atoms with Gasteiger partial charge in [0.15, 0.2) is 10.3 Å². The molecule has 2 aromatic carbocycles. The van der Waals surface area contributed by atoms with Crippen molar-refractivity contribution in [2.24, 2.45) is 0 Å². The molecule has 4 rings (SSSR count). The number of aryl methyl sites for hydroxylation is 1. The molecule has 0 unspecified atom stereocenters. The Morgan fingerprint density at radius 3 is 2.55 bits per heavy atom. The van der Waals surface area contributed by atoms with E-state index in [1.54, 1.807) is 31.4 Å². The summed E-state index contributed by atoms with van der Waals surface area (Å²) in [6, 6.07) is 14.4. The van der Waals surface area contributed by atoms with Gasteiger partial charge in [-0.25, -0.2) is 14.8 Å². The lowest BCUT2D eigenvalue weighted by molar-refractivity contribution is -0.116. The Morgan fingerprint density at radius 1 is 0.968 bits per heavy atom. The van der Waals surface area contributed by atoms with Crippen LogP contribution in [0.2, 0.25) is 0 Å². The molecule has 2 aromatic heterocycles. The number of nitrogens with zero attached hydrogens (tertiary/aromatic N) is 2. The minimum atomic E-state index is -0.389. The molecule has 0 bridgehead atoms. The highest BCUT2D eigenvalue weighted by Gasteiger charge is 2.11. The second-order valence-electron chi connectivity index (χ2n) is 6.49. The summed E-state index contributed by atoms with van der Waals surface area (Å²) in [6.45, 7) is 0. The Labute approximate surface area is 186 Å².